The zero-order chi connectivity index (χ0) is 26.9. The van der Waals surface area contributed by atoms with Crippen molar-refractivity contribution in [2.45, 2.75) is 73.1 Å². The molecule has 4 N–H and O–H groups in total. The van der Waals surface area contributed by atoms with Crippen molar-refractivity contribution in [3.05, 3.63) is 23.7 Å². The molecule has 0 rings (SSSR count). The summed E-state index contributed by atoms with van der Waals surface area (Å²) in [5.41, 5.74) is 0.117. The molecule has 0 bridgehead atoms. The van der Waals surface area contributed by atoms with Gasteiger partial charge in [0.15, 0.2) is 0 Å². The molecule has 35 heavy (non-hydrogen) atoms. The van der Waals surface area contributed by atoms with Gasteiger partial charge in [-0.05, 0) is 50.9 Å². The van der Waals surface area contributed by atoms with Gasteiger partial charge in [0.25, 0.3) is 0 Å². The Kier molecular flexibility index (Phi) is 15.9. The highest BCUT2D eigenvalue weighted by Gasteiger charge is 2.22. The first-order valence-corrected chi connectivity index (χ1v) is 11.9. The molecule has 0 aliphatic rings. The topological polar surface area (TPSA) is 151 Å². The zero-order valence-corrected chi connectivity index (χ0v) is 21.6. The fourth-order valence-electron chi connectivity index (χ4n) is 3.19. The van der Waals surface area contributed by atoms with Crippen molar-refractivity contribution in [3.63, 3.8) is 0 Å². The number of carboxylic acids is 2. The molecule has 0 aliphatic carbocycles. The molecule has 0 saturated carbocycles. The first kappa shape index (κ1) is 32.0. The van der Waals surface area contributed by atoms with E-state index in [4.69, 9.17) is 19.7 Å². The molecule has 10 heteroatoms. The second kappa shape index (κ2) is 17.4. The second-order valence-corrected chi connectivity index (χ2v) is 9.55. The lowest BCUT2D eigenvalue weighted by Gasteiger charge is -2.28. The van der Waals surface area contributed by atoms with Gasteiger partial charge in [0.2, 0.25) is 11.8 Å². The number of hydrogen-bond acceptors (Lipinski definition) is 6. The SMILES string of the molecule is CC(=COCCCC(=O)NCCC(C)CC(C)(C)CNC(=O)CCCOC=C(C)C(=O)O)C(=O)O. The molecule has 10 nitrogen and oxygen atoms in total. The van der Waals surface area contributed by atoms with Gasteiger partial charge in [0.05, 0.1) is 36.9 Å². The first-order chi connectivity index (χ1) is 16.3. The van der Waals surface area contributed by atoms with Crippen molar-refractivity contribution in [3.8, 4) is 0 Å². The number of carbonyl (C=O) groups excluding carboxylic acids is 2. The molecular weight excluding hydrogens is 456 g/mol. The standard InChI is InChI=1S/C25H42N2O8/c1-18(10-11-26-21(28)8-6-12-34-15-19(2)23(30)31)14-25(4,5)17-27-22(29)9-7-13-35-16-20(3)24(32)33/h15-16,18H,6-14,17H2,1-5H3,(H,26,28)(H,27,29)(H,30,31)(H,32,33). The fraction of sp³-hybridized carbons (Fsp3) is 0.680. The van der Waals surface area contributed by atoms with Crippen LogP contribution in [0.5, 0.6) is 0 Å². The van der Waals surface area contributed by atoms with E-state index < -0.39 is 11.9 Å². The third kappa shape index (κ3) is 18.0. The van der Waals surface area contributed by atoms with Crippen LogP contribution >= 0.6 is 0 Å². The van der Waals surface area contributed by atoms with Crippen LogP contribution in [-0.4, -0.2) is 60.3 Å². The molecule has 0 spiro atoms. The maximum Gasteiger partial charge on any atom is 0.334 e. The van der Waals surface area contributed by atoms with E-state index in [1.807, 2.05) is 0 Å². The van der Waals surface area contributed by atoms with Gasteiger partial charge >= 0.3 is 11.9 Å². The predicted octanol–water partition coefficient (Wildman–Crippen LogP) is 3.23. The Labute approximate surface area is 208 Å². The Morgan fingerprint density at radius 1 is 0.857 bits per heavy atom. The van der Waals surface area contributed by atoms with E-state index in [1.54, 1.807) is 0 Å². The number of hydrogen-bond donors (Lipinski definition) is 4. The molecule has 200 valence electrons. The summed E-state index contributed by atoms with van der Waals surface area (Å²) in [6, 6.07) is 0. The summed E-state index contributed by atoms with van der Waals surface area (Å²) >= 11 is 0. The molecule has 0 radical (unpaired) electrons. The molecule has 0 aromatic heterocycles. The van der Waals surface area contributed by atoms with Gasteiger partial charge in [-0.2, -0.15) is 0 Å². The Balaban J connectivity index is 3.98. The highest BCUT2D eigenvalue weighted by molar-refractivity contribution is 5.85. The largest absolute Gasteiger partial charge is 0.501 e. The van der Waals surface area contributed by atoms with E-state index in [0.717, 1.165) is 12.8 Å². The van der Waals surface area contributed by atoms with E-state index in [0.29, 0.717) is 44.7 Å². The lowest BCUT2D eigenvalue weighted by atomic mass is 9.82. The minimum atomic E-state index is -1.04. The predicted molar refractivity (Wildman–Crippen MR) is 131 cm³/mol. The van der Waals surface area contributed by atoms with Crippen LogP contribution in [0.25, 0.3) is 0 Å². The van der Waals surface area contributed by atoms with Gasteiger partial charge < -0.3 is 30.3 Å². The molecule has 0 aromatic rings. The van der Waals surface area contributed by atoms with E-state index in [2.05, 4.69) is 31.4 Å². The summed E-state index contributed by atoms with van der Waals surface area (Å²) in [7, 11) is 0. The van der Waals surface area contributed by atoms with Crippen LogP contribution in [0.3, 0.4) is 0 Å². The normalized spacial score (nSPS) is 13.1. The number of amides is 2. The van der Waals surface area contributed by atoms with Crippen LogP contribution in [0.15, 0.2) is 23.7 Å². The van der Waals surface area contributed by atoms with E-state index in [-0.39, 0.29) is 41.6 Å². The van der Waals surface area contributed by atoms with Crippen LogP contribution in [0, 0.1) is 11.3 Å². The van der Waals surface area contributed by atoms with Gasteiger partial charge in [-0.15, -0.1) is 0 Å². The van der Waals surface area contributed by atoms with Crippen LogP contribution in [0.4, 0.5) is 0 Å². The van der Waals surface area contributed by atoms with Crippen molar-refractivity contribution in [1.29, 1.82) is 0 Å². The number of carboxylic acid groups (broad SMARTS) is 2. The minimum Gasteiger partial charge on any atom is -0.501 e. The Bertz CT molecular complexity index is 759. The molecule has 0 heterocycles. The Morgan fingerprint density at radius 3 is 1.77 bits per heavy atom. The van der Waals surface area contributed by atoms with Crippen LogP contribution in [0.1, 0.15) is 73.1 Å². The third-order valence-corrected chi connectivity index (χ3v) is 5.15. The quantitative estimate of drug-likeness (QED) is 0.120. The third-order valence-electron chi connectivity index (χ3n) is 5.15. The molecule has 0 aliphatic heterocycles. The summed E-state index contributed by atoms with van der Waals surface area (Å²) < 4.78 is 10.2. The van der Waals surface area contributed by atoms with E-state index >= 15 is 0 Å². The highest BCUT2D eigenvalue weighted by atomic mass is 16.5. The minimum absolute atomic E-state index is 0.0659. The van der Waals surface area contributed by atoms with Crippen molar-refractivity contribution in [2.75, 3.05) is 26.3 Å². The lowest BCUT2D eigenvalue weighted by Crippen LogP contribution is -2.35. The van der Waals surface area contributed by atoms with Crippen molar-refractivity contribution in [2.24, 2.45) is 11.3 Å². The monoisotopic (exact) mass is 498 g/mol. The van der Waals surface area contributed by atoms with Crippen LogP contribution in [-0.2, 0) is 28.7 Å². The zero-order valence-electron chi connectivity index (χ0n) is 21.6. The smallest absolute Gasteiger partial charge is 0.334 e. The van der Waals surface area contributed by atoms with Crippen molar-refractivity contribution < 1.29 is 38.9 Å². The number of aliphatic carboxylic acids is 2. The Hall–Kier alpha value is -3.04. The van der Waals surface area contributed by atoms with Gasteiger partial charge in [-0.25, -0.2) is 9.59 Å². The number of carbonyl (C=O) groups is 4. The summed E-state index contributed by atoms with van der Waals surface area (Å²) in [6.45, 7) is 10.8. The summed E-state index contributed by atoms with van der Waals surface area (Å²) in [4.78, 5) is 45.3. The molecule has 0 aromatic carbocycles. The number of rotatable bonds is 19. The van der Waals surface area contributed by atoms with Gasteiger partial charge in [0.1, 0.15) is 0 Å². The van der Waals surface area contributed by atoms with Crippen LogP contribution < -0.4 is 10.6 Å². The van der Waals surface area contributed by atoms with Crippen LogP contribution in [0.2, 0.25) is 0 Å². The molecule has 0 fully saturated rings. The molecule has 1 atom stereocenters. The highest BCUT2D eigenvalue weighted by Crippen LogP contribution is 2.26. The lowest BCUT2D eigenvalue weighted by molar-refractivity contribution is -0.133. The average molecular weight is 499 g/mol. The molecule has 2 amide bonds. The molecular formula is C25H42N2O8. The summed E-state index contributed by atoms with van der Waals surface area (Å²) in [5, 5.41) is 23.3. The number of ether oxygens (including phenoxy) is 2. The number of nitrogens with one attached hydrogen (secondary N) is 2. The van der Waals surface area contributed by atoms with Crippen molar-refractivity contribution in [1.82, 2.24) is 10.6 Å². The summed E-state index contributed by atoms with van der Waals surface area (Å²) in [6.07, 6.45) is 5.69. The van der Waals surface area contributed by atoms with Crippen molar-refractivity contribution >= 4 is 23.8 Å². The first-order valence-electron chi connectivity index (χ1n) is 11.9. The van der Waals surface area contributed by atoms with Gasteiger partial charge in [0, 0.05) is 25.9 Å². The molecule has 1 unspecified atom stereocenters. The maximum atomic E-state index is 12.1. The maximum absolute atomic E-state index is 12.1. The average Bonchev–Trinajstić information content (AvgIpc) is 2.76. The van der Waals surface area contributed by atoms with E-state index in [9.17, 15) is 19.2 Å². The fourth-order valence-corrected chi connectivity index (χ4v) is 3.19. The van der Waals surface area contributed by atoms with Gasteiger partial charge in [-0.1, -0.05) is 20.8 Å². The second-order valence-electron chi connectivity index (χ2n) is 9.55. The Morgan fingerprint density at radius 2 is 1.31 bits per heavy atom. The van der Waals surface area contributed by atoms with Gasteiger partial charge in [-0.3, -0.25) is 9.59 Å². The molecule has 0 saturated heterocycles. The van der Waals surface area contributed by atoms with E-state index in [1.165, 1.54) is 26.4 Å². The summed E-state index contributed by atoms with van der Waals surface area (Å²) in [5.74, 6) is -1.85.